The Kier molecular flexibility index (Phi) is 5.07. The molecule has 0 aliphatic rings. The lowest BCUT2D eigenvalue weighted by Gasteiger charge is -2.14. The molecule has 3 rings (SSSR count). The summed E-state index contributed by atoms with van der Waals surface area (Å²) in [5.74, 6) is -0.222. The zero-order chi connectivity index (χ0) is 19.4. The summed E-state index contributed by atoms with van der Waals surface area (Å²) in [5.41, 5.74) is 5.03. The molecule has 0 spiro atoms. The first-order valence-electron chi connectivity index (χ1n) is 8.63. The smallest absolute Gasteiger partial charge is 0.290 e. The highest BCUT2D eigenvalue weighted by Crippen LogP contribution is 2.23. The molecule has 0 unspecified atom stereocenters. The average Bonchev–Trinajstić information content (AvgIpc) is 3.08. The highest BCUT2D eigenvalue weighted by Gasteiger charge is 2.23. The maximum Gasteiger partial charge on any atom is 0.290 e. The number of aromatic nitrogens is 2. The standard InChI is InChI=1S/C21H22N4O2/c1-21(2,3)19-13-18(25(24-19)16-9-5-4-6-10-16)20(27)23-22-14-15-8-7-11-17(26)12-15/h4-14,26H,1-3H3,(H,23,27). The molecule has 0 aliphatic carbocycles. The fourth-order valence-electron chi connectivity index (χ4n) is 2.50. The molecule has 0 radical (unpaired) electrons. The summed E-state index contributed by atoms with van der Waals surface area (Å²) in [5, 5.41) is 18.1. The van der Waals surface area contributed by atoms with Crippen LogP contribution in [0.1, 0.15) is 42.5 Å². The van der Waals surface area contributed by atoms with Gasteiger partial charge in [-0.25, -0.2) is 10.1 Å². The van der Waals surface area contributed by atoms with E-state index in [-0.39, 0.29) is 17.1 Å². The third-order valence-electron chi connectivity index (χ3n) is 3.96. The molecule has 138 valence electrons. The Morgan fingerprint density at radius 2 is 1.85 bits per heavy atom. The highest BCUT2D eigenvalue weighted by atomic mass is 16.3. The van der Waals surface area contributed by atoms with E-state index in [4.69, 9.17) is 0 Å². The minimum absolute atomic E-state index is 0.141. The molecule has 0 fully saturated rings. The molecular weight excluding hydrogens is 340 g/mol. The van der Waals surface area contributed by atoms with E-state index in [2.05, 4.69) is 15.6 Å². The van der Waals surface area contributed by atoms with Crippen LogP contribution in [0.15, 0.2) is 65.8 Å². The van der Waals surface area contributed by atoms with Crippen molar-refractivity contribution < 1.29 is 9.90 Å². The lowest BCUT2D eigenvalue weighted by Crippen LogP contribution is -2.21. The van der Waals surface area contributed by atoms with Crippen molar-refractivity contribution in [2.75, 3.05) is 0 Å². The van der Waals surface area contributed by atoms with Gasteiger partial charge in [-0.2, -0.15) is 10.2 Å². The number of rotatable bonds is 4. The summed E-state index contributed by atoms with van der Waals surface area (Å²) in [4.78, 5) is 12.7. The van der Waals surface area contributed by atoms with Gasteiger partial charge in [-0.05, 0) is 35.9 Å². The van der Waals surface area contributed by atoms with Gasteiger partial charge >= 0.3 is 0 Å². The molecule has 0 atom stereocenters. The quantitative estimate of drug-likeness (QED) is 0.549. The summed E-state index contributed by atoms with van der Waals surface area (Å²) in [6.45, 7) is 6.14. The van der Waals surface area contributed by atoms with Gasteiger partial charge < -0.3 is 5.11 Å². The van der Waals surface area contributed by atoms with Crippen LogP contribution >= 0.6 is 0 Å². The third kappa shape index (κ3) is 4.41. The van der Waals surface area contributed by atoms with E-state index in [1.165, 1.54) is 6.21 Å². The second-order valence-corrected chi connectivity index (χ2v) is 7.21. The lowest BCUT2D eigenvalue weighted by molar-refractivity contribution is 0.0947. The van der Waals surface area contributed by atoms with Gasteiger partial charge in [0.05, 0.1) is 17.6 Å². The molecule has 1 heterocycles. The van der Waals surface area contributed by atoms with Crippen molar-refractivity contribution in [3.8, 4) is 11.4 Å². The second-order valence-electron chi connectivity index (χ2n) is 7.21. The molecule has 0 saturated heterocycles. The molecule has 0 aliphatic heterocycles. The van der Waals surface area contributed by atoms with E-state index in [9.17, 15) is 9.90 Å². The van der Waals surface area contributed by atoms with Crippen LogP contribution in [-0.2, 0) is 5.41 Å². The van der Waals surface area contributed by atoms with Gasteiger partial charge in [-0.15, -0.1) is 0 Å². The van der Waals surface area contributed by atoms with Crippen LogP contribution in [-0.4, -0.2) is 27.0 Å². The van der Waals surface area contributed by atoms with Gasteiger partial charge in [-0.1, -0.05) is 51.1 Å². The second kappa shape index (κ2) is 7.45. The molecule has 1 amide bonds. The number of hydrazone groups is 1. The number of para-hydroxylation sites is 1. The number of hydrogen-bond donors (Lipinski definition) is 2. The van der Waals surface area contributed by atoms with Gasteiger partial charge in [0, 0.05) is 5.41 Å². The van der Waals surface area contributed by atoms with Crippen LogP contribution in [0, 0.1) is 0 Å². The number of nitrogens with zero attached hydrogens (tertiary/aromatic N) is 3. The Labute approximate surface area is 158 Å². The maximum atomic E-state index is 12.7. The summed E-state index contributed by atoms with van der Waals surface area (Å²) in [6, 6.07) is 17.9. The summed E-state index contributed by atoms with van der Waals surface area (Å²) in [6.07, 6.45) is 1.48. The van der Waals surface area contributed by atoms with Crippen molar-refractivity contribution in [1.82, 2.24) is 15.2 Å². The molecule has 27 heavy (non-hydrogen) atoms. The largest absolute Gasteiger partial charge is 0.508 e. The summed E-state index contributed by atoms with van der Waals surface area (Å²) >= 11 is 0. The molecule has 2 N–H and O–H groups in total. The number of aromatic hydroxyl groups is 1. The zero-order valence-electron chi connectivity index (χ0n) is 15.5. The van der Waals surface area contributed by atoms with Crippen LogP contribution in [0.2, 0.25) is 0 Å². The summed E-state index contributed by atoms with van der Waals surface area (Å²) < 4.78 is 1.62. The molecule has 2 aromatic carbocycles. The van der Waals surface area contributed by atoms with Gasteiger partial charge in [0.2, 0.25) is 0 Å². The zero-order valence-corrected chi connectivity index (χ0v) is 15.5. The van der Waals surface area contributed by atoms with E-state index in [1.54, 1.807) is 35.0 Å². The number of amides is 1. The first-order chi connectivity index (χ1) is 12.8. The van der Waals surface area contributed by atoms with E-state index < -0.39 is 0 Å². The van der Waals surface area contributed by atoms with Crippen molar-refractivity contribution in [2.45, 2.75) is 26.2 Å². The van der Waals surface area contributed by atoms with E-state index in [0.717, 1.165) is 11.4 Å². The highest BCUT2D eigenvalue weighted by molar-refractivity contribution is 5.94. The lowest BCUT2D eigenvalue weighted by atomic mass is 9.92. The van der Waals surface area contributed by atoms with Gasteiger partial charge in [0.1, 0.15) is 11.4 Å². The molecule has 0 saturated carbocycles. The molecule has 0 bridgehead atoms. The number of phenolic OH excluding ortho intramolecular Hbond substituents is 1. The number of nitrogens with one attached hydrogen (secondary N) is 1. The van der Waals surface area contributed by atoms with Crippen molar-refractivity contribution in [3.63, 3.8) is 0 Å². The van der Waals surface area contributed by atoms with Crippen LogP contribution in [0.3, 0.4) is 0 Å². The Morgan fingerprint density at radius 1 is 1.11 bits per heavy atom. The molecule has 6 heteroatoms. The number of hydrogen-bond acceptors (Lipinski definition) is 4. The molecule has 6 nitrogen and oxygen atoms in total. The Balaban J connectivity index is 1.88. The number of phenols is 1. The fraction of sp³-hybridized carbons (Fsp3) is 0.190. The van der Waals surface area contributed by atoms with Gasteiger partial charge in [0.15, 0.2) is 0 Å². The first-order valence-corrected chi connectivity index (χ1v) is 8.63. The predicted molar refractivity (Wildman–Crippen MR) is 105 cm³/mol. The predicted octanol–water partition coefficient (Wildman–Crippen LogP) is 3.64. The molecular formula is C21H22N4O2. The Bertz CT molecular complexity index is 969. The van der Waals surface area contributed by atoms with Crippen molar-refractivity contribution >= 4 is 12.1 Å². The molecule has 3 aromatic rings. The van der Waals surface area contributed by atoms with Gasteiger partial charge in [-0.3, -0.25) is 4.79 Å². The van der Waals surface area contributed by atoms with E-state index >= 15 is 0 Å². The van der Waals surface area contributed by atoms with Crippen LogP contribution in [0.5, 0.6) is 5.75 Å². The Morgan fingerprint density at radius 3 is 2.52 bits per heavy atom. The Hall–Kier alpha value is -3.41. The fourth-order valence-corrected chi connectivity index (χ4v) is 2.50. The minimum atomic E-state index is -0.363. The van der Waals surface area contributed by atoms with E-state index in [1.807, 2.05) is 51.1 Å². The first kappa shape index (κ1) is 18.4. The number of carbonyl (C=O) groups is 1. The summed E-state index contributed by atoms with van der Waals surface area (Å²) in [7, 11) is 0. The normalized spacial score (nSPS) is 11.7. The SMILES string of the molecule is CC(C)(C)c1cc(C(=O)NN=Cc2cccc(O)c2)n(-c2ccccc2)n1. The maximum absolute atomic E-state index is 12.7. The topological polar surface area (TPSA) is 79.5 Å². The number of benzene rings is 2. The van der Waals surface area contributed by atoms with Crippen LogP contribution < -0.4 is 5.43 Å². The monoisotopic (exact) mass is 362 g/mol. The van der Waals surface area contributed by atoms with Crippen LogP contribution in [0.25, 0.3) is 5.69 Å². The minimum Gasteiger partial charge on any atom is -0.508 e. The molecule has 1 aromatic heterocycles. The van der Waals surface area contributed by atoms with Crippen molar-refractivity contribution in [1.29, 1.82) is 0 Å². The van der Waals surface area contributed by atoms with E-state index in [0.29, 0.717) is 11.3 Å². The average molecular weight is 362 g/mol. The van der Waals surface area contributed by atoms with Gasteiger partial charge in [0.25, 0.3) is 5.91 Å². The van der Waals surface area contributed by atoms with Crippen molar-refractivity contribution in [3.05, 3.63) is 77.6 Å². The third-order valence-corrected chi connectivity index (χ3v) is 3.96. The van der Waals surface area contributed by atoms with Crippen LogP contribution in [0.4, 0.5) is 0 Å². The number of carbonyl (C=O) groups excluding carboxylic acids is 1. The van der Waals surface area contributed by atoms with Crippen molar-refractivity contribution in [2.24, 2.45) is 5.10 Å².